The Morgan fingerprint density at radius 3 is 2.76 bits per heavy atom. The number of nitrogens with zero attached hydrogens (tertiary/aromatic N) is 1. The Labute approximate surface area is 122 Å². The number of hydrogen-bond donors (Lipinski definition) is 3. The second kappa shape index (κ2) is 6.53. The molecule has 7 heteroatoms. The summed E-state index contributed by atoms with van der Waals surface area (Å²) < 4.78 is 0. The van der Waals surface area contributed by atoms with Gasteiger partial charge in [-0.1, -0.05) is 6.42 Å². The van der Waals surface area contributed by atoms with Crippen molar-refractivity contribution in [2.45, 2.75) is 19.3 Å². The van der Waals surface area contributed by atoms with E-state index in [0.717, 1.165) is 19.3 Å². The molecule has 1 amide bonds. The van der Waals surface area contributed by atoms with E-state index in [2.05, 4.69) is 5.32 Å². The van der Waals surface area contributed by atoms with Gasteiger partial charge < -0.3 is 16.2 Å². The fourth-order valence-corrected chi connectivity index (χ4v) is 2.85. The third-order valence-electron chi connectivity index (χ3n) is 4.08. The van der Waals surface area contributed by atoms with Crippen molar-refractivity contribution in [1.82, 2.24) is 0 Å². The number of nitro groups is 1. The molecule has 0 heterocycles. The van der Waals surface area contributed by atoms with Gasteiger partial charge in [0.25, 0.3) is 5.69 Å². The summed E-state index contributed by atoms with van der Waals surface area (Å²) in [6, 6.07) is 4.03. The predicted octanol–water partition coefficient (Wildman–Crippen LogP) is 1.51. The highest BCUT2D eigenvalue weighted by molar-refractivity contribution is 5.94. The maximum Gasteiger partial charge on any atom is 0.292 e. The van der Waals surface area contributed by atoms with Gasteiger partial charge >= 0.3 is 0 Å². The first kappa shape index (κ1) is 15.2. The number of anilines is 1. The molecule has 2 rings (SSSR count). The second-order valence-electron chi connectivity index (χ2n) is 5.37. The first-order valence-corrected chi connectivity index (χ1v) is 6.96. The van der Waals surface area contributed by atoms with Crippen molar-refractivity contribution in [2.24, 2.45) is 17.6 Å². The highest BCUT2D eigenvalue weighted by Crippen LogP contribution is 2.32. The molecule has 0 radical (unpaired) electrons. The molecule has 1 fully saturated rings. The number of aliphatic hydroxyl groups excluding tert-OH is 1. The molecular formula is C14H19N3O4. The smallest absolute Gasteiger partial charge is 0.292 e. The van der Waals surface area contributed by atoms with Gasteiger partial charge in [-0.05, 0) is 36.8 Å². The third-order valence-corrected chi connectivity index (χ3v) is 4.08. The number of nitrogens with one attached hydrogen (secondary N) is 1. The fraction of sp³-hybridized carbons (Fsp3) is 0.500. The van der Waals surface area contributed by atoms with Gasteiger partial charge in [0.05, 0.1) is 4.92 Å². The normalized spacial score (nSPS) is 21.2. The highest BCUT2D eigenvalue weighted by Gasteiger charge is 2.27. The first-order chi connectivity index (χ1) is 10.0. The lowest BCUT2D eigenvalue weighted by Gasteiger charge is -2.18. The number of benzene rings is 1. The second-order valence-corrected chi connectivity index (χ2v) is 5.37. The maximum atomic E-state index is 11.2. The van der Waals surface area contributed by atoms with Crippen molar-refractivity contribution < 1.29 is 14.8 Å². The lowest BCUT2D eigenvalue weighted by molar-refractivity contribution is -0.384. The van der Waals surface area contributed by atoms with Gasteiger partial charge in [0, 0.05) is 24.8 Å². The molecule has 1 aromatic carbocycles. The molecule has 0 aliphatic heterocycles. The molecule has 0 bridgehead atoms. The van der Waals surface area contributed by atoms with Crippen LogP contribution >= 0.6 is 0 Å². The number of hydrogen-bond acceptors (Lipinski definition) is 5. The van der Waals surface area contributed by atoms with E-state index in [1.165, 1.54) is 18.2 Å². The van der Waals surface area contributed by atoms with Gasteiger partial charge in [-0.25, -0.2) is 0 Å². The van der Waals surface area contributed by atoms with Gasteiger partial charge in [0.2, 0.25) is 5.91 Å². The van der Waals surface area contributed by atoms with E-state index in [-0.39, 0.29) is 29.7 Å². The average molecular weight is 293 g/mol. The van der Waals surface area contributed by atoms with Crippen molar-refractivity contribution >= 4 is 17.3 Å². The maximum absolute atomic E-state index is 11.2. The predicted molar refractivity (Wildman–Crippen MR) is 78.0 cm³/mol. The van der Waals surface area contributed by atoms with E-state index in [4.69, 9.17) is 5.73 Å². The van der Waals surface area contributed by atoms with E-state index < -0.39 is 10.8 Å². The minimum atomic E-state index is -0.623. The number of carbonyl (C=O) groups is 1. The molecule has 21 heavy (non-hydrogen) atoms. The molecule has 2 unspecified atom stereocenters. The molecule has 1 aromatic rings. The van der Waals surface area contributed by atoms with Crippen LogP contribution in [-0.2, 0) is 0 Å². The molecule has 1 aliphatic rings. The summed E-state index contributed by atoms with van der Waals surface area (Å²) in [5.41, 5.74) is 5.64. The van der Waals surface area contributed by atoms with E-state index in [9.17, 15) is 20.0 Å². The standard InChI is InChI=1S/C14H19N3O4/c15-14(19)9-4-5-13(17(20)21)12(6-9)16-7-10-2-1-3-11(10)8-18/h4-6,10-11,16,18H,1-3,7-8H2,(H2,15,19). The summed E-state index contributed by atoms with van der Waals surface area (Å²) in [4.78, 5) is 21.7. The van der Waals surface area contributed by atoms with E-state index in [1.807, 2.05) is 0 Å². The molecule has 4 N–H and O–H groups in total. The zero-order valence-electron chi connectivity index (χ0n) is 11.6. The zero-order chi connectivity index (χ0) is 15.4. The van der Waals surface area contributed by atoms with Crippen molar-refractivity contribution in [3.8, 4) is 0 Å². The van der Waals surface area contributed by atoms with Gasteiger partial charge in [-0.3, -0.25) is 14.9 Å². The number of nitrogens with two attached hydrogens (primary N) is 1. The molecule has 0 aromatic heterocycles. The first-order valence-electron chi connectivity index (χ1n) is 6.96. The summed E-state index contributed by atoms with van der Waals surface area (Å²) in [5, 5.41) is 23.4. The molecule has 1 aliphatic carbocycles. The van der Waals surface area contributed by atoms with Crippen LogP contribution in [0.15, 0.2) is 18.2 Å². The van der Waals surface area contributed by atoms with E-state index in [0.29, 0.717) is 12.2 Å². The number of carbonyl (C=O) groups excluding carboxylic acids is 1. The third kappa shape index (κ3) is 3.49. The highest BCUT2D eigenvalue weighted by atomic mass is 16.6. The largest absolute Gasteiger partial charge is 0.396 e. The van der Waals surface area contributed by atoms with Crippen molar-refractivity contribution in [3.63, 3.8) is 0 Å². The summed E-state index contributed by atoms with van der Waals surface area (Å²) in [6.07, 6.45) is 3.02. The van der Waals surface area contributed by atoms with E-state index >= 15 is 0 Å². The number of nitro benzene ring substituents is 1. The molecule has 0 spiro atoms. The van der Waals surface area contributed by atoms with Crippen molar-refractivity contribution in [2.75, 3.05) is 18.5 Å². The number of rotatable bonds is 6. The van der Waals surface area contributed by atoms with Crippen LogP contribution in [0.3, 0.4) is 0 Å². The van der Waals surface area contributed by atoms with Gasteiger partial charge in [-0.15, -0.1) is 0 Å². The Bertz CT molecular complexity index is 547. The van der Waals surface area contributed by atoms with Crippen LogP contribution in [-0.4, -0.2) is 29.1 Å². The molecule has 0 saturated heterocycles. The monoisotopic (exact) mass is 293 g/mol. The Kier molecular flexibility index (Phi) is 4.74. The van der Waals surface area contributed by atoms with Crippen LogP contribution in [0.1, 0.15) is 29.6 Å². The summed E-state index contributed by atoms with van der Waals surface area (Å²) in [6.45, 7) is 0.671. The topological polar surface area (TPSA) is 118 Å². The van der Waals surface area contributed by atoms with Crippen LogP contribution in [0.2, 0.25) is 0 Å². The van der Waals surface area contributed by atoms with Crippen LogP contribution in [0.5, 0.6) is 0 Å². The van der Waals surface area contributed by atoms with Crippen molar-refractivity contribution in [3.05, 3.63) is 33.9 Å². The van der Waals surface area contributed by atoms with Crippen LogP contribution in [0.4, 0.5) is 11.4 Å². The number of amides is 1. The average Bonchev–Trinajstić information content (AvgIpc) is 2.91. The fourth-order valence-electron chi connectivity index (χ4n) is 2.85. The zero-order valence-corrected chi connectivity index (χ0v) is 11.6. The summed E-state index contributed by atoms with van der Waals surface area (Å²) >= 11 is 0. The van der Waals surface area contributed by atoms with Crippen LogP contribution in [0, 0.1) is 22.0 Å². The Morgan fingerprint density at radius 1 is 1.43 bits per heavy atom. The quantitative estimate of drug-likeness (QED) is 0.542. The van der Waals surface area contributed by atoms with Gasteiger partial charge in [-0.2, -0.15) is 0 Å². The molecular weight excluding hydrogens is 274 g/mol. The Morgan fingerprint density at radius 2 is 2.14 bits per heavy atom. The minimum Gasteiger partial charge on any atom is -0.396 e. The van der Waals surface area contributed by atoms with E-state index in [1.54, 1.807) is 0 Å². The van der Waals surface area contributed by atoms with Crippen LogP contribution < -0.4 is 11.1 Å². The summed E-state index contributed by atoms with van der Waals surface area (Å²) in [5.74, 6) is -0.107. The SMILES string of the molecule is NC(=O)c1ccc([N+](=O)[O-])c(NCC2CCCC2CO)c1. The lowest BCUT2D eigenvalue weighted by atomic mass is 9.97. The molecule has 114 valence electrons. The van der Waals surface area contributed by atoms with Gasteiger partial charge in [0.1, 0.15) is 5.69 Å². The summed E-state index contributed by atoms with van der Waals surface area (Å²) in [7, 11) is 0. The number of primary amides is 1. The molecule has 2 atom stereocenters. The molecule has 7 nitrogen and oxygen atoms in total. The number of aliphatic hydroxyl groups is 1. The van der Waals surface area contributed by atoms with Gasteiger partial charge in [0.15, 0.2) is 0 Å². The Balaban J connectivity index is 2.15. The Hall–Kier alpha value is -2.15. The van der Waals surface area contributed by atoms with Crippen LogP contribution in [0.25, 0.3) is 0 Å². The lowest BCUT2D eigenvalue weighted by Crippen LogP contribution is -2.21. The molecule has 1 saturated carbocycles. The minimum absolute atomic E-state index is 0.0847. The van der Waals surface area contributed by atoms with Crippen molar-refractivity contribution in [1.29, 1.82) is 0 Å².